The SMILES string of the molecule is CCOC(=O)COCCNCC1(O)CCC(CC)CC1. The number of nitrogens with one attached hydrogen (secondary N) is 1. The van der Waals surface area contributed by atoms with Crippen molar-refractivity contribution in [1.82, 2.24) is 5.32 Å². The first-order chi connectivity index (χ1) is 9.59. The van der Waals surface area contributed by atoms with E-state index in [4.69, 9.17) is 9.47 Å². The van der Waals surface area contributed by atoms with Crippen LogP contribution in [0.25, 0.3) is 0 Å². The first-order valence-electron chi connectivity index (χ1n) is 7.76. The van der Waals surface area contributed by atoms with Crippen LogP contribution in [0.1, 0.15) is 46.0 Å². The number of esters is 1. The minimum absolute atomic E-state index is 0.00202. The van der Waals surface area contributed by atoms with Gasteiger partial charge in [0.15, 0.2) is 0 Å². The van der Waals surface area contributed by atoms with Gasteiger partial charge in [-0.1, -0.05) is 13.3 Å². The molecule has 1 saturated carbocycles. The Morgan fingerprint density at radius 2 is 2.05 bits per heavy atom. The quantitative estimate of drug-likeness (QED) is 0.497. The summed E-state index contributed by atoms with van der Waals surface area (Å²) in [4.78, 5) is 11.0. The molecule has 0 saturated heterocycles. The molecule has 118 valence electrons. The fraction of sp³-hybridized carbons (Fsp3) is 0.933. The van der Waals surface area contributed by atoms with Gasteiger partial charge in [-0.3, -0.25) is 0 Å². The molecule has 0 atom stereocenters. The molecule has 5 heteroatoms. The van der Waals surface area contributed by atoms with Crippen molar-refractivity contribution in [2.75, 3.05) is 32.9 Å². The smallest absolute Gasteiger partial charge is 0.332 e. The van der Waals surface area contributed by atoms with Gasteiger partial charge in [0.05, 0.1) is 18.8 Å². The predicted octanol–water partition coefficient (Wildman–Crippen LogP) is 1.49. The second-order valence-corrected chi connectivity index (χ2v) is 5.61. The van der Waals surface area contributed by atoms with E-state index in [1.807, 2.05) is 0 Å². The van der Waals surface area contributed by atoms with Crippen LogP contribution >= 0.6 is 0 Å². The van der Waals surface area contributed by atoms with E-state index in [-0.39, 0.29) is 12.6 Å². The molecule has 0 amide bonds. The van der Waals surface area contributed by atoms with Gasteiger partial charge in [0.25, 0.3) is 0 Å². The topological polar surface area (TPSA) is 67.8 Å². The maximum absolute atomic E-state index is 11.0. The molecule has 1 fully saturated rings. The molecule has 1 aliphatic carbocycles. The highest BCUT2D eigenvalue weighted by Gasteiger charge is 2.31. The van der Waals surface area contributed by atoms with Crippen molar-refractivity contribution < 1.29 is 19.4 Å². The molecule has 2 N–H and O–H groups in total. The molecule has 0 bridgehead atoms. The monoisotopic (exact) mass is 287 g/mol. The van der Waals surface area contributed by atoms with E-state index in [1.54, 1.807) is 6.92 Å². The molecule has 0 spiro atoms. The predicted molar refractivity (Wildman–Crippen MR) is 77.5 cm³/mol. The largest absolute Gasteiger partial charge is 0.464 e. The second kappa shape index (κ2) is 9.32. The van der Waals surface area contributed by atoms with E-state index in [0.717, 1.165) is 31.6 Å². The first-order valence-corrected chi connectivity index (χ1v) is 7.76. The van der Waals surface area contributed by atoms with Gasteiger partial charge >= 0.3 is 5.97 Å². The minimum Gasteiger partial charge on any atom is -0.464 e. The molecule has 1 aliphatic rings. The van der Waals surface area contributed by atoms with Crippen LogP contribution in [0, 0.1) is 5.92 Å². The van der Waals surface area contributed by atoms with Crippen molar-refractivity contribution in [2.45, 2.75) is 51.6 Å². The van der Waals surface area contributed by atoms with Gasteiger partial charge < -0.3 is 19.9 Å². The molecule has 0 radical (unpaired) electrons. The number of carbonyl (C=O) groups is 1. The summed E-state index contributed by atoms with van der Waals surface area (Å²) in [6.45, 7) is 6.06. The van der Waals surface area contributed by atoms with Crippen molar-refractivity contribution in [2.24, 2.45) is 5.92 Å². The summed E-state index contributed by atoms with van der Waals surface area (Å²) in [5, 5.41) is 13.6. The zero-order valence-electron chi connectivity index (χ0n) is 12.8. The molecular formula is C15H29NO4. The summed E-state index contributed by atoms with van der Waals surface area (Å²) in [6.07, 6.45) is 5.21. The zero-order chi connectivity index (χ0) is 14.8. The lowest BCUT2D eigenvalue weighted by atomic mass is 9.78. The van der Waals surface area contributed by atoms with E-state index in [9.17, 15) is 9.90 Å². The molecule has 20 heavy (non-hydrogen) atoms. The van der Waals surface area contributed by atoms with Gasteiger partial charge in [0.1, 0.15) is 6.61 Å². The Hall–Kier alpha value is -0.650. The summed E-state index contributed by atoms with van der Waals surface area (Å²) >= 11 is 0. The van der Waals surface area contributed by atoms with Crippen molar-refractivity contribution in [3.8, 4) is 0 Å². The van der Waals surface area contributed by atoms with E-state index in [2.05, 4.69) is 12.2 Å². The maximum Gasteiger partial charge on any atom is 0.332 e. The van der Waals surface area contributed by atoms with Crippen molar-refractivity contribution >= 4 is 5.97 Å². The van der Waals surface area contributed by atoms with Gasteiger partial charge in [-0.05, 0) is 38.5 Å². The Labute approximate surface area is 122 Å². The van der Waals surface area contributed by atoms with Gasteiger partial charge in [0.2, 0.25) is 0 Å². The zero-order valence-corrected chi connectivity index (χ0v) is 12.8. The first kappa shape index (κ1) is 17.4. The lowest BCUT2D eigenvalue weighted by Gasteiger charge is -2.36. The standard InChI is InChI=1S/C15H29NO4/c1-3-13-5-7-15(18,8-6-13)12-16-9-10-19-11-14(17)20-4-2/h13,16,18H,3-12H2,1-2H3. The van der Waals surface area contributed by atoms with Crippen LogP contribution in [0.3, 0.4) is 0 Å². The Kier molecular flexibility index (Phi) is 8.11. The van der Waals surface area contributed by atoms with Gasteiger partial charge in [-0.25, -0.2) is 4.79 Å². The van der Waals surface area contributed by atoms with E-state index < -0.39 is 5.60 Å². The van der Waals surface area contributed by atoms with Crippen LogP contribution in [-0.4, -0.2) is 49.6 Å². The summed E-state index contributed by atoms with van der Waals surface area (Å²) in [5.74, 6) is 0.451. The molecule has 0 aromatic carbocycles. The summed E-state index contributed by atoms with van der Waals surface area (Å²) in [5.41, 5.74) is -0.563. The lowest BCUT2D eigenvalue weighted by molar-refractivity contribution is -0.148. The Morgan fingerprint density at radius 3 is 2.65 bits per heavy atom. The highest BCUT2D eigenvalue weighted by atomic mass is 16.6. The van der Waals surface area contributed by atoms with E-state index in [0.29, 0.717) is 26.3 Å². The maximum atomic E-state index is 11.0. The minimum atomic E-state index is -0.563. The number of carbonyl (C=O) groups excluding carboxylic acids is 1. The second-order valence-electron chi connectivity index (χ2n) is 5.61. The number of ether oxygens (including phenoxy) is 2. The highest BCUT2D eigenvalue weighted by Crippen LogP contribution is 2.33. The average Bonchev–Trinajstić information content (AvgIpc) is 2.44. The summed E-state index contributed by atoms with van der Waals surface area (Å²) in [6, 6.07) is 0. The fourth-order valence-corrected chi connectivity index (χ4v) is 2.62. The van der Waals surface area contributed by atoms with Gasteiger partial charge in [-0.15, -0.1) is 0 Å². The van der Waals surface area contributed by atoms with Crippen LogP contribution < -0.4 is 5.32 Å². The molecule has 0 unspecified atom stereocenters. The third-order valence-electron chi connectivity index (χ3n) is 4.02. The Morgan fingerprint density at radius 1 is 1.35 bits per heavy atom. The summed E-state index contributed by atoms with van der Waals surface area (Å²) < 4.78 is 9.94. The van der Waals surface area contributed by atoms with Crippen LogP contribution in [0.15, 0.2) is 0 Å². The number of hydrogen-bond acceptors (Lipinski definition) is 5. The molecule has 1 rings (SSSR count). The van der Waals surface area contributed by atoms with E-state index in [1.165, 1.54) is 6.42 Å². The third-order valence-corrected chi connectivity index (χ3v) is 4.02. The number of aliphatic hydroxyl groups is 1. The van der Waals surface area contributed by atoms with Gasteiger partial charge in [-0.2, -0.15) is 0 Å². The van der Waals surface area contributed by atoms with Crippen LogP contribution in [0.5, 0.6) is 0 Å². The number of hydrogen-bond donors (Lipinski definition) is 2. The molecule has 0 heterocycles. The van der Waals surface area contributed by atoms with E-state index >= 15 is 0 Å². The average molecular weight is 287 g/mol. The van der Waals surface area contributed by atoms with Crippen molar-refractivity contribution in [3.05, 3.63) is 0 Å². The Balaban J connectivity index is 2.02. The highest BCUT2D eigenvalue weighted by molar-refractivity contribution is 5.70. The third kappa shape index (κ3) is 6.68. The van der Waals surface area contributed by atoms with Gasteiger partial charge in [0, 0.05) is 13.1 Å². The summed E-state index contributed by atoms with van der Waals surface area (Å²) in [7, 11) is 0. The fourth-order valence-electron chi connectivity index (χ4n) is 2.62. The van der Waals surface area contributed by atoms with Crippen LogP contribution in [0.2, 0.25) is 0 Å². The lowest BCUT2D eigenvalue weighted by Crippen LogP contribution is -2.44. The Bertz CT molecular complexity index is 275. The molecule has 0 aromatic rings. The molecule has 5 nitrogen and oxygen atoms in total. The van der Waals surface area contributed by atoms with Crippen LogP contribution in [0.4, 0.5) is 0 Å². The normalized spacial score (nSPS) is 26.4. The van der Waals surface area contributed by atoms with Crippen LogP contribution in [-0.2, 0) is 14.3 Å². The number of rotatable bonds is 9. The van der Waals surface area contributed by atoms with Crippen molar-refractivity contribution in [3.63, 3.8) is 0 Å². The molecule has 0 aliphatic heterocycles. The molecule has 0 aromatic heterocycles. The van der Waals surface area contributed by atoms with Crippen molar-refractivity contribution in [1.29, 1.82) is 0 Å². The molecular weight excluding hydrogens is 258 g/mol.